The molecule has 0 fully saturated rings. The van der Waals surface area contributed by atoms with Gasteiger partial charge in [0.25, 0.3) is 0 Å². The molecule has 4 aromatic rings. The molecule has 436 valence electrons. The summed E-state index contributed by atoms with van der Waals surface area (Å²) in [6.45, 7) is 51.7. The van der Waals surface area contributed by atoms with Crippen molar-refractivity contribution in [3.63, 3.8) is 0 Å². The van der Waals surface area contributed by atoms with Crippen molar-refractivity contribution in [3.8, 4) is 23.0 Å². The number of carboxylic acid groups (broad SMARTS) is 2. The predicted octanol–water partition coefficient (Wildman–Crippen LogP) is 15.5. The Bertz CT molecular complexity index is 2460. The van der Waals surface area contributed by atoms with Gasteiger partial charge < -0.3 is 39.5 Å². The van der Waals surface area contributed by atoms with Gasteiger partial charge in [-0.3, -0.25) is 0 Å². The van der Waals surface area contributed by atoms with Crippen LogP contribution < -0.4 is 19.7 Å². The van der Waals surface area contributed by atoms with Crippen LogP contribution in [-0.2, 0) is 43.3 Å². The molecule has 0 saturated carbocycles. The minimum absolute atomic E-state index is 0.0503. The van der Waals surface area contributed by atoms with Gasteiger partial charge in [0.15, 0.2) is 0 Å². The summed E-state index contributed by atoms with van der Waals surface area (Å²) < 4.78 is 15.4. The Balaban J connectivity index is 0.000000467. The molecule has 2 N–H and O–H groups in total. The van der Waals surface area contributed by atoms with E-state index in [1.165, 1.54) is 49.9 Å². The molecule has 0 atom stereocenters. The van der Waals surface area contributed by atoms with Crippen LogP contribution in [0.3, 0.4) is 0 Å². The fraction of sp³-hybridized carbons (Fsp3) is 0.588. The summed E-state index contributed by atoms with van der Waals surface area (Å²) in [5, 5.41) is 45.6. The van der Waals surface area contributed by atoms with Gasteiger partial charge in [-0.1, -0.05) is 166 Å². The Morgan fingerprint density at radius 2 is 0.557 bits per heavy atom. The van der Waals surface area contributed by atoms with Crippen molar-refractivity contribution in [3.05, 3.63) is 115 Å². The maximum atomic E-state index is 13.6. The molecule has 0 aliphatic carbocycles. The van der Waals surface area contributed by atoms with Crippen LogP contribution in [0.25, 0.3) is 0 Å². The molecule has 11 heteroatoms. The minimum atomic E-state index is -1.28. The fourth-order valence-corrected chi connectivity index (χ4v) is 12.9. The Labute approximate surface area is 487 Å². The molecule has 10 nitrogen and oxygen atoms in total. The first-order chi connectivity index (χ1) is 35.5. The van der Waals surface area contributed by atoms with E-state index < -0.39 is 67.2 Å². The number of benzene rings is 4. The van der Waals surface area contributed by atoms with E-state index in [0.717, 1.165) is 0 Å². The van der Waals surface area contributed by atoms with Crippen LogP contribution in [0.2, 0.25) is 8.87 Å². The van der Waals surface area contributed by atoms with Crippen molar-refractivity contribution in [1.82, 2.24) is 0 Å². The zero-order chi connectivity index (χ0) is 61.6. The fourth-order valence-electron chi connectivity index (χ4n) is 8.77. The van der Waals surface area contributed by atoms with Crippen molar-refractivity contribution in [2.75, 3.05) is 0 Å². The number of phenolic OH excluding ortho intramolecular Hbond substituents is 2. The molecule has 0 aliphatic rings. The van der Waals surface area contributed by atoms with Crippen LogP contribution in [0.15, 0.2) is 48.5 Å². The Morgan fingerprint density at radius 1 is 0.367 bits per heavy atom. The number of rotatable bonds is 12. The van der Waals surface area contributed by atoms with Gasteiger partial charge >= 0.3 is 81.5 Å². The van der Waals surface area contributed by atoms with E-state index in [0.29, 0.717) is 67.1 Å². The molecule has 0 aromatic heterocycles. The second kappa shape index (κ2) is 26.4. The summed E-state index contributed by atoms with van der Waals surface area (Å²) in [4.78, 5) is 50.8. The molecule has 0 saturated heterocycles. The van der Waals surface area contributed by atoms with E-state index in [2.05, 4.69) is 13.8 Å². The monoisotopic (exact) mass is 1200 g/mol. The molecule has 0 unspecified atom stereocenters. The number of carboxylic acids is 2. The Hall–Kier alpha value is -4.84. The molecule has 0 spiro atoms. The van der Waals surface area contributed by atoms with Crippen molar-refractivity contribution in [1.29, 1.82) is 0 Å². The van der Waals surface area contributed by atoms with Gasteiger partial charge in [-0.15, -0.1) is 0 Å². The molecule has 0 radical (unpaired) electrons. The first kappa shape index (κ1) is 70.3. The van der Waals surface area contributed by atoms with E-state index in [-0.39, 0.29) is 43.8 Å². The number of phenols is 2. The van der Waals surface area contributed by atoms with Gasteiger partial charge in [0.2, 0.25) is 0 Å². The van der Waals surface area contributed by atoms with Crippen LogP contribution in [0.4, 0.5) is 0 Å². The predicted molar refractivity (Wildman–Crippen MR) is 322 cm³/mol. The average Bonchev–Trinajstić information content (AvgIpc) is 3.26. The molecular formula is C68H100O10Sn. The normalized spacial score (nSPS) is 12.6. The Kier molecular flexibility index (Phi) is 23.5. The van der Waals surface area contributed by atoms with Crippen molar-refractivity contribution in [2.45, 2.75) is 258 Å². The van der Waals surface area contributed by atoms with Crippen molar-refractivity contribution >= 4 is 45.0 Å². The summed E-state index contributed by atoms with van der Waals surface area (Å²) in [6, 6.07) is 12.9. The van der Waals surface area contributed by atoms with E-state index in [9.17, 15) is 39.6 Å². The van der Waals surface area contributed by atoms with Gasteiger partial charge in [-0.05, 0) is 103 Å². The first-order valence-electron chi connectivity index (χ1n) is 28.2. The van der Waals surface area contributed by atoms with E-state index in [4.69, 9.17) is 9.47 Å². The number of carbonyl (C=O) groups excluding carboxylic acids is 4. The third kappa shape index (κ3) is 19.7. The zero-order valence-corrected chi connectivity index (χ0v) is 56.4. The van der Waals surface area contributed by atoms with Crippen LogP contribution in [0, 0.1) is 0 Å². The molecule has 0 aliphatic heterocycles. The van der Waals surface area contributed by atoms with E-state index >= 15 is 0 Å². The number of aromatic carboxylic acids is 2. The number of carbonyl (C=O) groups is 4. The number of aromatic hydroxyl groups is 2. The van der Waals surface area contributed by atoms with E-state index in [1.54, 1.807) is 33.1 Å². The second-order valence-corrected chi connectivity index (χ2v) is 33.7. The molecular weight excluding hydrogens is 1100 g/mol. The van der Waals surface area contributed by atoms with Gasteiger partial charge in [0.1, 0.15) is 23.0 Å². The molecule has 0 bridgehead atoms. The summed E-state index contributed by atoms with van der Waals surface area (Å²) in [7, 11) is 0. The van der Waals surface area contributed by atoms with Crippen LogP contribution in [0.1, 0.15) is 292 Å². The maximum absolute atomic E-state index is 13.6. The van der Waals surface area contributed by atoms with Gasteiger partial charge in [-0.25, -0.2) is 9.59 Å². The van der Waals surface area contributed by atoms with Crippen LogP contribution >= 0.6 is 0 Å². The Morgan fingerprint density at radius 3 is 0.722 bits per heavy atom. The number of esters is 2. The quantitative estimate of drug-likeness (QED) is 0.0601. The third-order valence-electron chi connectivity index (χ3n) is 13.6. The summed E-state index contributed by atoms with van der Waals surface area (Å²) in [6.07, 6.45) is 5.84. The SMILES string of the molecule is CC(C)(C)c1cc(C(=O)Oc2c(C(C)(C)C)cc(C(=O)[O-])cc2C(C)(C)C)cc(C(C)(C)C)c1O.CC(C)(C)c1cc(C(=O)Oc2c(C(C)(C)C)cc(C(=O)[O-])cc2C(C)(C)C)cc(C(C)(C)C)c1O.CCC[CH2][Sn+2][CH2]CCC. The third-order valence-corrected chi connectivity index (χ3v) is 17.6. The molecule has 79 heavy (non-hydrogen) atoms. The zero-order valence-electron chi connectivity index (χ0n) is 53.5. The van der Waals surface area contributed by atoms with Crippen LogP contribution in [0.5, 0.6) is 23.0 Å². The molecule has 0 amide bonds. The topological polar surface area (TPSA) is 173 Å². The average molecular weight is 1200 g/mol. The molecule has 4 rings (SSSR count). The van der Waals surface area contributed by atoms with Gasteiger partial charge in [0.05, 0.1) is 23.1 Å². The molecule has 0 heterocycles. The summed E-state index contributed by atoms with van der Waals surface area (Å²) >= 11 is 0.149. The summed E-state index contributed by atoms with van der Waals surface area (Å²) in [5.74, 6) is -2.57. The number of unbranched alkanes of at least 4 members (excludes halogenated alkanes) is 2. The van der Waals surface area contributed by atoms with Crippen molar-refractivity contribution in [2.24, 2.45) is 0 Å². The molecule has 4 aromatic carbocycles. The van der Waals surface area contributed by atoms with Crippen molar-refractivity contribution < 1.29 is 49.1 Å². The van der Waals surface area contributed by atoms with Gasteiger partial charge in [-0.2, -0.15) is 0 Å². The van der Waals surface area contributed by atoms with E-state index in [1.807, 2.05) is 166 Å². The van der Waals surface area contributed by atoms with Gasteiger partial charge in [0, 0.05) is 44.5 Å². The van der Waals surface area contributed by atoms with Crippen LogP contribution in [-0.4, -0.2) is 55.2 Å². The number of ether oxygens (including phenoxy) is 2. The second-order valence-electron chi connectivity index (χ2n) is 29.5. The number of hydrogen-bond acceptors (Lipinski definition) is 10. The number of hydrogen-bond donors (Lipinski definition) is 2. The first-order valence-corrected chi connectivity index (χ1v) is 32.3. The standard InChI is InChI=1S/2C30H42O5.2C4H9.Sn/c2*1-27(2,3)19-15-18(16-20(23(19)31)28(4,5)6)26(34)35-24-21(29(7,8)9)13-17(25(32)33)14-22(24)30(10,11)12;2*1-3-4-2;/h2*13-16,31H,1-12H3,(H,32,33);2*1,3-4H2,2H3;/q;;;;+2/p-2. The summed E-state index contributed by atoms with van der Waals surface area (Å²) in [5.41, 5.74) is 2.30.